The number of hydrogen-bond acceptors (Lipinski definition) is 4. The van der Waals surface area contributed by atoms with Crippen LogP contribution in [0.3, 0.4) is 0 Å². The zero-order valence-corrected chi connectivity index (χ0v) is 13.1. The molecule has 1 atom stereocenters. The van der Waals surface area contributed by atoms with Crippen LogP contribution in [-0.2, 0) is 16.0 Å². The lowest BCUT2D eigenvalue weighted by Crippen LogP contribution is -2.36. The van der Waals surface area contributed by atoms with Gasteiger partial charge in [0.1, 0.15) is 0 Å². The van der Waals surface area contributed by atoms with Gasteiger partial charge in [0.25, 0.3) is 0 Å². The lowest BCUT2D eigenvalue weighted by atomic mass is 10.1. The van der Waals surface area contributed by atoms with Gasteiger partial charge in [-0.25, -0.2) is 0 Å². The molecule has 0 heterocycles. The molecule has 4 nitrogen and oxygen atoms in total. The van der Waals surface area contributed by atoms with Crippen LogP contribution in [-0.4, -0.2) is 56.1 Å². The van der Waals surface area contributed by atoms with Crippen molar-refractivity contribution in [2.24, 2.45) is 0 Å². The maximum absolute atomic E-state index is 10.0. The van der Waals surface area contributed by atoms with E-state index in [-0.39, 0.29) is 0 Å². The minimum Gasteiger partial charge on any atom is -0.389 e. The molecule has 1 rings (SSSR count). The zero-order chi connectivity index (χ0) is 15.5. The number of benzene rings is 1. The van der Waals surface area contributed by atoms with Gasteiger partial charge < -0.3 is 14.6 Å². The third-order valence-electron chi connectivity index (χ3n) is 3.12. The minimum absolute atomic E-state index is 0.323. The largest absolute Gasteiger partial charge is 0.389 e. The quantitative estimate of drug-likeness (QED) is 0.500. The highest BCUT2D eigenvalue weighted by Crippen LogP contribution is 2.08. The van der Waals surface area contributed by atoms with Gasteiger partial charge in [0, 0.05) is 26.7 Å². The first-order valence-electron chi connectivity index (χ1n) is 7.29. The Balaban J connectivity index is 2.52. The average Bonchev–Trinajstić information content (AvgIpc) is 2.45. The highest BCUT2D eigenvalue weighted by atomic mass is 16.5. The van der Waals surface area contributed by atoms with Crippen molar-refractivity contribution >= 4 is 0 Å². The third kappa shape index (κ3) is 7.97. The van der Waals surface area contributed by atoms with Crippen molar-refractivity contribution in [3.8, 4) is 0 Å². The molecular weight excluding hydrogens is 266 g/mol. The standard InChI is InChI=1S/C17H27NO3/c1-4-9-21-14-17(19)13-18(8-10-20-3)12-16-7-5-6-15(2)11-16/h4-7,11,17,19H,1,8-10,12-14H2,2-3H3/t17-/m0/s1. The molecule has 0 spiro atoms. The molecule has 0 saturated carbocycles. The number of ether oxygens (including phenoxy) is 2. The van der Waals surface area contributed by atoms with Gasteiger partial charge in [0.05, 0.1) is 25.9 Å². The Bertz CT molecular complexity index is 409. The van der Waals surface area contributed by atoms with E-state index in [0.29, 0.717) is 26.4 Å². The Morgan fingerprint density at radius 2 is 2.24 bits per heavy atom. The van der Waals surface area contributed by atoms with Crippen LogP contribution < -0.4 is 0 Å². The maximum atomic E-state index is 10.0. The van der Waals surface area contributed by atoms with Crippen LogP contribution in [0.2, 0.25) is 0 Å². The van der Waals surface area contributed by atoms with E-state index < -0.39 is 6.10 Å². The lowest BCUT2D eigenvalue weighted by molar-refractivity contribution is 0.0194. The van der Waals surface area contributed by atoms with Crippen molar-refractivity contribution in [2.75, 3.05) is 40.0 Å². The van der Waals surface area contributed by atoms with Crippen LogP contribution in [0.1, 0.15) is 11.1 Å². The molecule has 0 aliphatic rings. The van der Waals surface area contributed by atoms with Gasteiger partial charge in [-0.2, -0.15) is 0 Å². The molecule has 0 aliphatic carbocycles. The van der Waals surface area contributed by atoms with Crippen molar-refractivity contribution in [3.05, 3.63) is 48.0 Å². The molecule has 0 aliphatic heterocycles. The average molecular weight is 293 g/mol. The van der Waals surface area contributed by atoms with Gasteiger partial charge in [-0.05, 0) is 12.5 Å². The van der Waals surface area contributed by atoms with Crippen molar-refractivity contribution in [3.63, 3.8) is 0 Å². The Morgan fingerprint density at radius 1 is 1.43 bits per heavy atom. The summed E-state index contributed by atoms with van der Waals surface area (Å²) in [5.41, 5.74) is 2.49. The Hall–Kier alpha value is -1.20. The predicted octanol–water partition coefficient (Wildman–Crippen LogP) is 2.01. The fourth-order valence-electron chi connectivity index (χ4n) is 2.16. The first kappa shape index (κ1) is 17.9. The molecular formula is C17H27NO3. The van der Waals surface area contributed by atoms with E-state index in [1.165, 1.54) is 11.1 Å². The summed E-state index contributed by atoms with van der Waals surface area (Å²) in [5.74, 6) is 0. The van der Waals surface area contributed by atoms with Crippen molar-refractivity contribution in [1.29, 1.82) is 0 Å². The number of aliphatic hydroxyl groups is 1. The SMILES string of the molecule is C=CCOC[C@@H](O)CN(CCOC)Cc1cccc(C)c1. The molecule has 0 fully saturated rings. The van der Waals surface area contributed by atoms with E-state index in [4.69, 9.17) is 9.47 Å². The van der Waals surface area contributed by atoms with Crippen molar-refractivity contribution in [2.45, 2.75) is 19.6 Å². The zero-order valence-electron chi connectivity index (χ0n) is 13.1. The molecule has 0 amide bonds. The van der Waals surface area contributed by atoms with Crippen LogP contribution in [0, 0.1) is 6.92 Å². The Kier molecular flexibility index (Phi) is 8.94. The molecule has 1 aromatic carbocycles. The fraction of sp³-hybridized carbons (Fsp3) is 0.529. The van der Waals surface area contributed by atoms with Gasteiger partial charge >= 0.3 is 0 Å². The van der Waals surface area contributed by atoms with Crippen LogP contribution in [0.4, 0.5) is 0 Å². The monoisotopic (exact) mass is 293 g/mol. The molecule has 118 valence electrons. The number of aryl methyl sites for hydroxylation is 1. The highest BCUT2D eigenvalue weighted by molar-refractivity contribution is 5.22. The summed E-state index contributed by atoms with van der Waals surface area (Å²) >= 11 is 0. The minimum atomic E-state index is -0.508. The van der Waals surface area contributed by atoms with Gasteiger partial charge in [-0.3, -0.25) is 4.90 Å². The number of rotatable bonds is 11. The van der Waals surface area contributed by atoms with Gasteiger partial charge in [-0.1, -0.05) is 35.9 Å². The van der Waals surface area contributed by atoms with Crippen molar-refractivity contribution in [1.82, 2.24) is 4.90 Å². The molecule has 0 aromatic heterocycles. The topological polar surface area (TPSA) is 41.9 Å². The Morgan fingerprint density at radius 3 is 2.90 bits per heavy atom. The number of methoxy groups -OCH3 is 1. The second-order valence-electron chi connectivity index (χ2n) is 5.20. The van der Waals surface area contributed by atoms with Crippen molar-refractivity contribution < 1.29 is 14.6 Å². The number of nitrogens with zero attached hydrogens (tertiary/aromatic N) is 1. The summed E-state index contributed by atoms with van der Waals surface area (Å²) in [6.45, 7) is 9.25. The Labute approximate surface area is 128 Å². The van der Waals surface area contributed by atoms with E-state index in [0.717, 1.165) is 13.1 Å². The summed E-state index contributed by atoms with van der Waals surface area (Å²) in [4.78, 5) is 2.18. The smallest absolute Gasteiger partial charge is 0.0900 e. The summed E-state index contributed by atoms with van der Waals surface area (Å²) in [7, 11) is 1.69. The molecule has 0 saturated heterocycles. The van der Waals surface area contributed by atoms with Crippen LogP contribution in [0.5, 0.6) is 0 Å². The normalized spacial score (nSPS) is 12.6. The third-order valence-corrected chi connectivity index (χ3v) is 3.12. The van der Waals surface area contributed by atoms with Crippen LogP contribution >= 0.6 is 0 Å². The first-order chi connectivity index (χ1) is 10.2. The second-order valence-corrected chi connectivity index (χ2v) is 5.20. The molecule has 21 heavy (non-hydrogen) atoms. The molecule has 0 bridgehead atoms. The van der Waals surface area contributed by atoms with Crippen LogP contribution in [0.25, 0.3) is 0 Å². The number of hydrogen-bond donors (Lipinski definition) is 1. The lowest BCUT2D eigenvalue weighted by Gasteiger charge is -2.25. The summed E-state index contributed by atoms with van der Waals surface area (Å²) in [6.07, 6.45) is 1.17. The molecule has 0 radical (unpaired) electrons. The molecule has 0 unspecified atom stereocenters. The second kappa shape index (κ2) is 10.5. The van der Waals surface area contributed by atoms with E-state index in [2.05, 4.69) is 42.7 Å². The van der Waals surface area contributed by atoms with Gasteiger partial charge in [0.15, 0.2) is 0 Å². The molecule has 1 N–H and O–H groups in total. The van der Waals surface area contributed by atoms with E-state index in [9.17, 15) is 5.11 Å². The van der Waals surface area contributed by atoms with Gasteiger partial charge in [0.2, 0.25) is 0 Å². The van der Waals surface area contributed by atoms with Gasteiger partial charge in [-0.15, -0.1) is 6.58 Å². The maximum Gasteiger partial charge on any atom is 0.0900 e. The number of aliphatic hydroxyl groups excluding tert-OH is 1. The van der Waals surface area contributed by atoms with E-state index in [1.807, 2.05) is 0 Å². The van der Waals surface area contributed by atoms with Crippen LogP contribution in [0.15, 0.2) is 36.9 Å². The highest BCUT2D eigenvalue weighted by Gasteiger charge is 2.12. The summed E-state index contributed by atoms with van der Waals surface area (Å²) < 4.78 is 10.4. The first-order valence-corrected chi connectivity index (χ1v) is 7.29. The fourth-order valence-corrected chi connectivity index (χ4v) is 2.16. The van der Waals surface area contributed by atoms with E-state index >= 15 is 0 Å². The molecule has 1 aromatic rings. The predicted molar refractivity (Wildman–Crippen MR) is 85.4 cm³/mol. The summed E-state index contributed by atoms with van der Waals surface area (Å²) in [6, 6.07) is 8.41. The summed E-state index contributed by atoms with van der Waals surface area (Å²) in [5, 5.41) is 10.0. The molecule has 4 heteroatoms. The van der Waals surface area contributed by atoms with E-state index in [1.54, 1.807) is 13.2 Å².